The standard InChI is InChI=1S/C25H34F2N6O2/c1-16-7-13-32(16)22-29-20(19-6-5-10-25(26,27)21(19)30-22)17-14-28-33(15-17)18-8-11-31(12-9-18)23(34)35-24(2,3)4/h14-16,18H,5-13H2,1-4H3/t16-/m0/s1. The van der Waals surface area contributed by atoms with Crippen molar-refractivity contribution in [3.05, 3.63) is 23.7 Å². The Morgan fingerprint density at radius 1 is 1.14 bits per heavy atom. The topological polar surface area (TPSA) is 76.4 Å². The number of rotatable bonds is 3. The van der Waals surface area contributed by atoms with E-state index in [1.807, 2.05) is 36.5 Å². The van der Waals surface area contributed by atoms with E-state index in [0.29, 0.717) is 43.1 Å². The lowest BCUT2D eigenvalue weighted by molar-refractivity contribution is -0.0263. The largest absolute Gasteiger partial charge is 0.444 e. The Morgan fingerprint density at radius 2 is 1.89 bits per heavy atom. The lowest BCUT2D eigenvalue weighted by Gasteiger charge is -2.39. The number of amides is 1. The van der Waals surface area contributed by atoms with Gasteiger partial charge in [-0.15, -0.1) is 0 Å². The first-order valence-corrected chi connectivity index (χ1v) is 12.6. The number of carbonyl (C=O) groups is 1. The third kappa shape index (κ3) is 4.71. The molecule has 35 heavy (non-hydrogen) atoms. The Kier molecular flexibility index (Phi) is 5.96. The molecular weight excluding hydrogens is 454 g/mol. The number of anilines is 1. The molecule has 2 fully saturated rings. The summed E-state index contributed by atoms with van der Waals surface area (Å²) in [5.41, 5.74) is 1.20. The molecule has 0 aromatic carbocycles. The summed E-state index contributed by atoms with van der Waals surface area (Å²) < 4.78 is 37.1. The maximum atomic E-state index is 14.9. The molecule has 2 aromatic heterocycles. The molecule has 2 aromatic rings. The summed E-state index contributed by atoms with van der Waals surface area (Å²) in [4.78, 5) is 25.2. The van der Waals surface area contributed by atoms with Crippen molar-refractivity contribution in [2.45, 2.75) is 89.8 Å². The van der Waals surface area contributed by atoms with E-state index in [1.54, 1.807) is 11.1 Å². The van der Waals surface area contributed by atoms with Gasteiger partial charge in [-0.3, -0.25) is 4.68 Å². The van der Waals surface area contributed by atoms with E-state index in [9.17, 15) is 13.6 Å². The summed E-state index contributed by atoms with van der Waals surface area (Å²) in [6.07, 6.45) is 6.60. The van der Waals surface area contributed by atoms with Gasteiger partial charge in [0, 0.05) is 49.4 Å². The van der Waals surface area contributed by atoms with Crippen LogP contribution in [0.25, 0.3) is 11.3 Å². The third-order valence-electron chi connectivity index (χ3n) is 7.20. The van der Waals surface area contributed by atoms with Gasteiger partial charge in [0.15, 0.2) is 0 Å². The molecule has 4 heterocycles. The summed E-state index contributed by atoms with van der Waals surface area (Å²) in [6.45, 7) is 9.59. The van der Waals surface area contributed by atoms with E-state index in [2.05, 4.69) is 17.0 Å². The SMILES string of the molecule is C[C@H]1CCN1c1nc(-c2cnn(C3CCN(C(=O)OC(C)(C)C)CC3)c2)c2c(n1)C(F)(F)CCC2. The van der Waals surface area contributed by atoms with E-state index in [1.165, 1.54) is 0 Å². The van der Waals surface area contributed by atoms with Crippen LogP contribution in [0.4, 0.5) is 19.5 Å². The lowest BCUT2D eigenvalue weighted by Crippen LogP contribution is -2.47. The second kappa shape index (κ2) is 8.71. The highest BCUT2D eigenvalue weighted by atomic mass is 19.3. The summed E-state index contributed by atoms with van der Waals surface area (Å²) in [5, 5.41) is 4.57. The first-order valence-electron chi connectivity index (χ1n) is 12.6. The Balaban J connectivity index is 1.38. The number of piperidine rings is 1. The molecule has 5 rings (SSSR count). The van der Waals surface area contributed by atoms with Crippen LogP contribution in [0.15, 0.2) is 12.4 Å². The van der Waals surface area contributed by atoms with Crippen LogP contribution >= 0.6 is 0 Å². The number of aromatic nitrogens is 4. The number of ether oxygens (including phenoxy) is 1. The number of hydrogen-bond donors (Lipinski definition) is 0. The fourth-order valence-electron chi connectivity index (χ4n) is 5.10. The Labute approximate surface area is 204 Å². The fourth-order valence-corrected chi connectivity index (χ4v) is 5.10. The van der Waals surface area contributed by atoms with Crippen LogP contribution in [0.3, 0.4) is 0 Å². The Morgan fingerprint density at radius 3 is 2.51 bits per heavy atom. The van der Waals surface area contributed by atoms with E-state index >= 15 is 0 Å². The van der Waals surface area contributed by atoms with Crippen LogP contribution in [-0.4, -0.2) is 62.0 Å². The average molecular weight is 489 g/mol. The van der Waals surface area contributed by atoms with Crippen LogP contribution in [0, 0.1) is 0 Å². The summed E-state index contributed by atoms with van der Waals surface area (Å²) in [5.74, 6) is -2.56. The monoisotopic (exact) mass is 488 g/mol. The van der Waals surface area contributed by atoms with Gasteiger partial charge in [0.05, 0.1) is 17.9 Å². The second-order valence-corrected chi connectivity index (χ2v) is 11.0. The quantitative estimate of drug-likeness (QED) is 0.609. The predicted octanol–water partition coefficient (Wildman–Crippen LogP) is 4.94. The summed E-state index contributed by atoms with van der Waals surface area (Å²) in [6, 6.07) is 0.368. The number of fused-ring (bicyclic) bond motifs is 1. The molecule has 1 atom stereocenters. The number of alkyl halides is 2. The average Bonchev–Trinajstić information content (AvgIpc) is 3.27. The Bertz CT molecular complexity index is 1100. The minimum atomic E-state index is -2.95. The smallest absolute Gasteiger partial charge is 0.410 e. The molecule has 0 bridgehead atoms. The van der Waals surface area contributed by atoms with Gasteiger partial charge in [-0.2, -0.15) is 13.9 Å². The molecule has 8 nitrogen and oxygen atoms in total. The van der Waals surface area contributed by atoms with Gasteiger partial charge in [-0.05, 0) is 59.8 Å². The minimum Gasteiger partial charge on any atom is -0.444 e. The fraction of sp³-hybridized carbons (Fsp3) is 0.680. The van der Waals surface area contributed by atoms with Crippen molar-refractivity contribution in [2.75, 3.05) is 24.5 Å². The molecule has 1 aliphatic carbocycles. The molecule has 190 valence electrons. The maximum absolute atomic E-state index is 14.9. The van der Waals surface area contributed by atoms with Crippen molar-refractivity contribution in [2.24, 2.45) is 0 Å². The highest BCUT2D eigenvalue weighted by Crippen LogP contribution is 2.43. The van der Waals surface area contributed by atoms with Gasteiger partial charge >= 0.3 is 6.09 Å². The van der Waals surface area contributed by atoms with Gasteiger partial charge in [0.1, 0.15) is 11.3 Å². The van der Waals surface area contributed by atoms with Crippen molar-refractivity contribution >= 4 is 12.0 Å². The number of hydrogen-bond acceptors (Lipinski definition) is 6. The van der Waals surface area contributed by atoms with Crippen molar-refractivity contribution < 1.29 is 18.3 Å². The van der Waals surface area contributed by atoms with Crippen molar-refractivity contribution in [3.63, 3.8) is 0 Å². The molecule has 2 saturated heterocycles. The van der Waals surface area contributed by atoms with E-state index in [4.69, 9.17) is 9.72 Å². The molecular formula is C25H34F2N6O2. The Hall–Kier alpha value is -2.78. The van der Waals surface area contributed by atoms with Gasteiger partial charge < -0.3 is 14.5 Å². The number of carbonyl (C=O) groups excluding carboxylic acids is 1. The minimum absolute atomic E-state index is 0.122. The normalized spacial score (nSPS) is 22.5. The zero-order chi connectivity index (χ0) is 25.0. The first kappa shape index (κ1) is 23.9. The number of halogens is 2. The molecule has 0 unspecified atom stereocenters. The van der Waals surface area contributed by atoms with E-state index in [-0.39, 0.29) is 30.3 Å². The van der Waals surface area contributed by atoms with Crippen LogP contribution in [0.1, 0.15) is 77.1 Å². The molecule has 0 saturated carbocycles. The van der Waals surface area contributed by atoms with E-state index < -0.39 is 11.5 Å². The van der Waals surface area contributed by atoms with Crippen LogP contribution in [0.5, 0.6) is 0 Å². The lowest BCUT2D eigenvalue weighted by atomic mass is 9.90. The third-order valence-corrected chi connectivity index (χ3v) is 7.20. The number of likely N-dealkylation sites (tertiary alicyclic amines) is 1. The molecule has 2 aliphatic heterocycles. The van der Waals surface area contributed by atoms with Crippen molar-refractivity contribution in [1.82, 2.24) is 24.6 Å². The van der Waals surface area contributed by atoms with E-state index in [0.717, 1.165) is 31.4 Å². The van der Waals surface area contributed by atoms with Crippen molar-refractivity contribution in [1.29, 1.82) is 0 Å². The summed E-state index contributed by atoms with van der Waals surface area (Å²) >= 11 is 0. The highest BCUT2D eigenvalue weighted by Gasteiger charge is 2.42. The van der Waals surface area contributed by atoms with Crippen LogP contribution in [-0.2, 0) is 17.1 Å². The molecule has 0 radical (unpaired) electrons. The maximum Gasteiger partial charge on any atom is 0.410 e. The zero-order valence-electron chi connectivity index (χ0n) is 20.9. The van der Waals surface area contributed by atoms with Gasteiger partial charge in [-0.25, -0.2) is 14.8 Å². The van der Waals surface area contributed by atoms with Gasteiger partial charge in [0.2, 0.25) is 5.95 Å². The molecule has 10 heteroatoms. The zero-order valence-corrected chi connectivity index (χ0v) is 20.9. The second-order valence-electron chi connectivity index (χ2n) is 11.0. The van der Waals surface area contributed by atoms with Gasteiger partial charge in [-0.1, -0.05) is 0 Å². The van der Waals surface area contributed by atoms with Crippen LogP contribution < -0.4 is 4.90 Å². The van der Waals surface area contributed by atoms with Crippen LogP contribution in [0.2, 0.25) is 0 Å². The molecule has 0 N–H and O–H groups in total. The first-order chi connectivity index (χ1) is 16.5. The molecule has 3 aliphatic rings. The molecule has 1 amide bonds. The van der Waals surface area contributed by atoms with Gasteiger partial charge in [0.25, 0.3) is 5.92 Å². The molecule has 0 spiro atoms. The highest BCUT2D eigenvalue weighted by molar-refractivity contribution is 5.68. The number of nitrogens with zero attached hydrogens (tertiary/aromatic N) is 6. The predicted molar refractivity (Wildman–Crippen MR) is 128 cm³/mol. The summed E-state index contributed by atoms with van der Waals surface area (Å²) in [7, 11) is 0. The van der Waals surface area contributed by atoms with Crippen molar-refractivity contribution in [3.8, 4) is 11.3 Å².